The molecule has 1 fully saturated rings. The van der Waals surface area contributed by atoms with Crippen LogP contribution in [-0.2, 0) is 6.54 Å². The van der Waals surface area contributed by atoms with Crippen molar-refractivity contribution in [3.8, 4) is 5.75 Å². The third kappa shape index (κ3) is 3.68. The van der Waals surface area contributed by atoms with Gasteiger partial charge in [0.25, 0.3) is 5.91 Å². The number of halogens is 1. The largest absolute Gasteiger partial charge is 0.494 e. The first-order valence-corrected chi connectivity index (χ1v) is 9.33. The van der Waals surface area contributed by atoms with E-state index in [0.29, 0.717) is 25.2 Å². The van der Waals surface area contributed by atoms with E-state index in [0.717, 1.165) is 29.6 Å². The average Bonchev–Trinajstić information content (AvgIpc) is 2.73. The minimum Gasteiger partial charge on any atom is -0.494 e. The lowest BCUT2D eigenvalue weighted by Crippen LogP contribution is -2.48. The van der Waals surface area contributed by atoms with Crippen LogP contribution in [0.2, 0.25) is 0 Å². The molecule has 1 saturated heterocycles. The van der Waals surface area contributed by atoms with Crippen LogP contribution in [0.15, 0.2) is 54.7 Å². The lowest BCUT2D eigenvalue weighted by Gasteiger charge is -2.35. The Labute approximate surface area is 163 Å². The maximum atomic E-state index is 13.9. The van der Waals surface area contributed by atoms with Crippen LogP contribution < -0.4 is 4.74 Å². The molecule has 2 aromatic carbocycles. The van der Waals surface area contributed by atoms with Crippen molar-refractivity contribution in [2.45, 2.75) is 6.54 Å². The first-order chi connectivity index (χ1) is 13.7. The van der Waals surface area contributed by atoms with Gasteiger partial charge in [0, 0.05) is 44.3 Å². The molecule has 3 aromatic rings. The summed E-state index contributed by atoms with van der Waals surface area (Å²) < 4.78 is 18.9. The molecule has 0 N–H and O–H groups in total. The molecule has 1 amide bonds. The van der Waals surface area contributed by atoms with E-state index in [4.69, 9.17) is 4.74 Å². The highest BCUT2D eigenvalue weighted by Crippen LogP contribution is 2.21. The first-order valence-electron chi connectivity index (χ1n) is 9.33. The Kier molecular flexibility index (Phi) is 5.21. The Morgan fingerprint density at radius 2 is 1.89 bits per heavy atom. The van der Waals surface area contributed by atoms with Crippen LogP contribution in [-0.4, -0.2) is 54.0 Å². The number of carbonyl (C=O) groups excluding carboxylic acids is 1. The fourth-order valence-corrected chi connectivity index (χ4v) is 3.62. The van der Waals surface area contributed by atoms with E-state index in [1.54, 1.807) is 12.3 Å². The second-order valence-electron chi connectivity index (χ2n) is 6.92. The molecular formula is C22H22FN3O2. The van der Waals surface area contributed by atoms with Gasteiger partial charge in [-0.05, 0) is 29.8 Å². The zero-order valence-electron chi connectivity index (χ0n) is 15.8. The highest BCUT2D eigenvalue weighted by molar-refractivity contribution is 6.05. The number of pyridine rings is 1. The van der Waals surface area contributed by atoms with Gasteiger partial charge in [0.15, 0.2) is 11.6 Å². The van der Waals surface area contributed by atoms with Crippen LogP contribution in [0, 0.1) is 5.82 Å². The normalized spacial score (nSPS) is 15.0. The second kappa shape index (κ2) is 7.94. The lowest BCUT2D eigenvalue weighted by molar-refractivity contribution is 0.0630. The molecule has 1 aromatic heterocycles. The van der Waals surface area contributed by atoms with E-state index < -0.39 is 0 Å². The van der Waals surface area contributed by atoms with E-state index in [-0.39, 0.29) is 17.5 Å². The van der Waals surface area contributed by atoms with Crippen LogP contribution in [0.1, 0.15) is 15.9 Å². The van der Waals surface area contributed by atoms with Crippen molar-refractivity contribution in [3.05, 3.63) is 71.7 Å². The van der Waals surface area contributed by atoms with E-state index in [9.17, 15) is 9.18 Å². The quantitative estimate of drug-likeness (QED) is 0.698. The summed E-state index contributed by atoms with van der Waals surface area (Å²) in [5, 5.41) is 0.966. The predicted molar refractivity (Wildman–Crippen MR) is 106 cm³/mol. The van der Waals surface area contributed by atoms with Crippen molar-refractivity contribution >= 4 is 16.8 Å². The molecule has 5 nitrogen and oxygen atoms in total. The molecule has 0 aliphatic carbocycles. The maximum absolute atomic E-state index is 13.9. The highest BCUT2D eigenvalue weighted by atomic mass is 19.1. The number of piperazine rings is 1. The van der Waals surface area contributed by atoms with Crippen LogP contribution in [0.3, 0.4) is 0 Å². The number of carbonyl (C=O) groups is 1. The van der Waals surface area contributed by atoms with Crippen molar-refractivity contribution in [1.29, 1.82) is 0 Å². The van der Waals surface area contributed by atoms with E-state index in [2.05, 4.69) is 9.88 Å². The van der Waals surface area contributed by atoms with E-state index in [1.165, 1.54) is 13.2 Å². The molecule has 1 aliphatic heterocycles. The molecule has 1 aliphatic rings. The molecule has 0 atom stereocenters. The monoisotopic (exact) mass is 379 g/mol. The van der Waals surface area contributed by atoms with Gasteiger partial charge in [0.1, 0.15) is 0 Å². The zero-order valence-corrected chi connectivity index (χ0v) is 15.8. The number of ether oxygens (including phenoxy) is 1. The Morgan fingerprint density at radius 1 is 1.11 bits per heavy atom. The molecular weight excluding hydrogens is 357 g/mol. The molecule has 0 radical (unpaired) electrons. The summed E-state index contributed by atoms with van der Waals surface area (Å²) in [6, 6.07) is 14.6. The molecule has 0 unspecified atom stereocenters. The third-order valence-electron chi connectivity index (χ3n) is 5.15. The molecule has 2 heterocycles. The van der Waals surface area contributed by atoms with Crippen molar-refractivity contribution < 1.29 is 13.9 Å². The van der Waals surface area contributed by atoms with E-state index in [1.807, 2.05) is 41.3 Å². The predicted octanol–water partition coefficient (Wildman–Crippen LogP) is 3.34. The lowest BCUT2D eigenvalue weighted by atomic mass is 10.1. The van der Waals surface area contributed by atoms with E-state index >= 15 is 0 Å². The van der Waals surface area contributed by atoms with Gasteiger partial charge in [-0.2, -0.15) is 0 Å². The zero-order chi connectivity index (χ0) is 19.5. The fraction of sp³-hybridized carbons (Fsp3) is 0.273. The van der Waals surface area contributed by atoms with Gasteiger partial charge in [0.05, 0.1) is 18.2 Å². The Hall–Kier alpha value is -2.99. The number of para-hydroxylation sites is 1. The minimum atomic E-state index is -0.350. The number of methoxy groups -OCH3 is 1. The standard InChI is InChI=1S/C22H22FN3O2/c1-28-20-8-7-16(14-19(20)23)15-25-10-12-26(13-11-25)22(27)18-6-2-4-17-5-3-9-24-21(17)18/h2-9,14H,10-13,15H2,1H3. The van der Waals surface area contributed by atoms with Crippen LogP contribution in [0.4, 0.5) is 4.39 Å². The van der Waals surface area contributed by atoms with Gasteiger partial charge in [-0.25, -0.2) is 4.39 Å². The number of nitrogens with zero attached hydrogens (tertiary/aromatic N) is 3. The molecule has 0 spiro atoms. The number of hydrogen-bond acceptors (Lipinski definition) is 4. The summed E-state index contributed by atoms with van der Waals surface area (Å²) in [7, 11) is 1.46. The molecule has 0 bridgehead atoms. The molecule has 6 heteroatoms. The van der Waals surface area contributed by atoms with Crippen molar-refractivity contribution in [2.24, 2.45) is 0 Å². The Balaban J connectivity index is 1.41. The minimum absolute atomic E-state index is 0.0134. The van der Waals surface area contributed by atoms with Gasteiger partial charge in [-0.3, -0.25) is 14.7 Å². The molecule has 4 rings (SSSR count). The topological polar surface area (TPSA) is 45.7 Å². The van der Waals surface area contributed by atoms with Crippen LogP contribution in [0.5, 0.6) is 5.75 Å². The maximum Gasteiger partial charge on any atom is 0.256 e. The SMILES string of the molecule is COc1ccc(CN2CCN(C(=O)c3cccc4cccnc34)CC2)cc1F. The van der Waals surface area contributed by atoms with Crippen molar-refractivity contribution in [3.63, 3.8) is 0 Å². The van der Waals surface area contributed by atoms with Crippen molar-refractivity contribution in [1.82, 2.24) is 14.8 Å². The van der Waals surface area contributed by atoms with Crippen LogP contribution >= 0.6 is 0 Å². The summed E-state index contributed by atoms with van der Waals surface area (Å²) in [6.45, 7) is 3.43. The summed E-state index contributed by atoms with van der Waals surface area (Å²) in [5.74, 6) is -0.0837. The Morgan fingerprint density at radius 3 is 2.64 bits per heavy atom. The molecule has 28 heavy (non-hydrogen) atoms. The number of fused-ring (bicyclic) bond motifs is 1. The van der Waals surface area contributed by atoms with Crippen molar-refractivity contribution in [2.75, 3.05) is 33.3 Å². The number of benzene rings is 2. The summed E-state index contributed by atoms with van der Waals surface area (Å²) in [5.41, 5.74) is 2.28. The van der Waals surface area contributed by atoms with Crippen LogP contribution in [0.25, 0.3) is 10.9 Å². The summed E-state index contributed by atoms with van der Waals surface area (Å²) in [6.07, 6.45) is 1.71. The Bertz CT molecular complexity index is 995. The summed E-state index contributed by atoms with van der Waals surface area (Å²) >= 11 is 0. The number of aromatic nitrogens is 1. The smallest absolute Gasteiger partial charge is 0.256 e. The molecule has 0 saturated carbocycles. The van der Waals surface area contributed by atoms with Gasteiger partial charge in [-0.1, -0.05) is 24.3 Å². The average molecular weight is 379 g/mol. The highest BCUT2D eigenvalue weighted by Gasteiger charge is 2.23. The number of hydrogen-bond donors (Lipinski definition) is 0. The summed E-state index contributed by atoms with van der Waals surface area (Å²) in [4.78, 5) is 21.5. The number of rotatable bonds is 4. The van der Waals surface area contributed by atoms with Gasteiger partial charge < -0.3 is 9.64 Å². The van der Waals surface area contributed by atoms with Gasteiger partial charge in [0.2, 0.25) is 0 Å². The first kappa shape index (κ1) is 18.4. The van der Waals surface area contributed by atoms with Gasteiger partial charge in [-0.15, -0.1) is 0 Å². The molecule has 144 valence electrons. The number of amides is 1. The second-order valence-corrected chi connectivity index (χ2v) is 6.92. The third-order valence-corrected chi connectivity index (χ3v) is 5.15. The van der Waals surface area contributed by atoms with Gasteiger partial charge >= 0.3 is 0 Å². The fourth-order valence-electron chi connectivity index (χ4n) is 3.62.